The van der Waals surface area contributed by atoms with E-state index in [0.29, 0.717) is 22.5 Å². The summed E-state index contributed by atoms with van der Waals surface area (Å²) < 4.78 is 41.3. The van der Waals surface area contributed by atoms with Crippen LogP contribution in [0.1, 0.15) is 45.7 Å². The Balaban J connectivity index is 1.82. The smallest absolute Gasteiger partial charge is 0.234 e. The fourth-order valence-electron chi connectivity index (χ4n) is 3.28. The van der Waals surface area contributed by atoms with E-state index in [-0.39, 0.29) is 11.5 Å². The van der Waals surface area contributed by atoms with Gasteiger partial charge in [-0.05, 0) is 60.5 Å². The number of aryl methyl sites for hydroxylation is 1. The first-order chi connectivity index (χ1) is 14.6. The number of carbonyl (C=O) groups is 1. The molecule has 164 valence electrons. The maximum absolute atomic E-state index is 14.7. The topological polar surface area (TPSA) is 99.3 Å². The van der Waals surface area contributed by atoms with Gasteiger partial charge in [-0.15, -0.1) is 0 Å². The Bertz CT molecular complexity index is 1220. The molecule has 0 saturated carbocycles. The first-order valence-electron chi connectivity index (χ1n) is 9.52. The number of aromatic amines is 1. The van der Waals surface area contributed by atoms with Gasteiger partial charge in [0.05, 0.1) is 23.7 Å². The van der Waals surface area contributed by atoms with Gasteiger partial charge in [-0.3, -0.25) is 9.52 Å². The summed E-state index contributed by atoms with van der Waals surface area (Å²) in [6, 6.07) is 12.9. The lowest BCUT2D eigenvalue weighted by Crippen LogP contribution is -2.19. The Morgan fingerprint density at radius 1 is 1.19 bits per heavy atom. The molecule has 1 atom stereocenters. The molecule has 31 heavy (non-hydrogen) atoms. The molecule has 0 fully saturated rings. The number of H-pyrrole nitrogens is 1. The minimum atomic E-state index is -3.74. The summed E-state index contributed by atoms with van der Waals surface area (Å²) >= 11 is 3.38. The molecule has 0 aliphatic rings. The molecule has 6 nitrogen and oxygen atoms in total. The molecule has 0 bridgehead atoms. The van der Waals surface area contributed by atoms with E-state index < -0.39 is 34.1 Å². The van der Waals surface area contributed by atoms with Crippen LogP contribution >= 0.6 is 15.9 Å². The van der Waals surface area contributed by atoms with Crippen molar-refractivity contribution in [2.45, 2.75) is 19.8 Å². The van der Waals surface area contributed by atoms with Gasteiger partial charge in [-0.2, -0.15) is 0 Å². The van der Waals surface area contributed by atoms with E-state index in [0.717, 1.165) is 16.1 Å². The number of halogens is 2. The number of ketones is 1. The van der Waals surface area contributed by atoms with Crippen molar-refractivity contribution in [3.8, 4) is 0 Å². The van der Waals surface area contributed by atoms with Crippen LogP contribution in [-0.2, 0) is 10.0 Å². The van der Waals surface area contributed by atoms with Crippen molar-refractivity contribution < 1.29 is 22.7 Å². The van der Waals surface area contributed by atoms with Gasteiger partial charge in [0.25, 0.3) is 0 Å². The van der Waals surface area contributed by atoms with Crippen LogP contribution in [-0.4, -0.2) is 36.7 Å². The number of nitrogens with one attached hydrogen (secondary N) is 2. The summed E-state index contributed by atoms with van der Waals surface area (Å²) in [6.45, 7) is 3.12. The summed E-state index contributed by atoms with van der Waals surface area (Å²) in [4.78, 5) is 15.9. The van der Waals surface area contributed by atoms with Crippen molar-refractivity contribution in [2.75, 3.05) is 17.1 Å². The molecule has 0 amide bonds. The zero-order chi connectivity index (χ0) is 22.8. The molecule has 3 rings (SSSR count). The van der Waals surface area contributed by atoms with Crippen molar-refractivity contribution in [3.05, 3.63) is 86.9 Å². The molecule has 3 aromatic rings. The van der Waals surface area contributed by atoms with Gasteiger partial charge in [0.15, 0.2) is 0 Å². The Kier molecular flexibility index (Phi) is 6.98. The lowest BCUT2D eigenvalue weighted by atomic mass is 9.97. The van der Waals surface area contributed by atoms with Crippen molar-refractivity contribution in [2.24, 2.45) is 0 Å². The van der Waals surface area contributed by atoms with Crippen LogP contribution in [0.15, 0.2) is 53.0 Å². The summed E-state index contributed by atoms with van der Waals surface area (Å²) in [5, 5.41) is 8.80. The van der Waals surface area contributed by atoms with Crippen LogP contribution in [0.5, 0.6) is 0 Å². The second kappa shape index (κ2) is 9.33. The highest BCUT2D eigenvalue weighted by atomic mass is 79.9. The zero-order valence-corrected chi connectivity index (χ0v) is 19.3. The van der Waals surface area contributed by atoms with Gasteiger partial charge in [0.1, 0.15) is 5.82 Å². The average molecular weight is 509 g/mol. The third-order valence-electron chi connectivity index (χ3n) is 4.95. The fraction of sp³-hybridized carbons (Fsp3) is 0.227. The molecule has 0 spiro atoms. The standard InChI is InChI=1S/C22H22BrFN2O4S/c1-13-11-15(23)3-5-17(13)22(28)21-8-7-20(25-21)14(2)18-6-4-16(12-19(18)24)26-31(29,30)10-9-27/h3-8,11-12,14,25-27H,9-10H2,1-2H3. The first kappa shape index (κ1) is 23.2. The predicted molar refractivity (Wildman–Crippen MR) is 122 cm³/mol. The number of anilines is 1. The minimum Gasteiger partial charge on any atom is -0.395 e. The first-order valence-corrected chi connectivity index (χ1v) is 12.0. The summed E-state index contributed by atoms with van der Waals surface area (Å²) in [7, 11) is -3.74. The van der Waals surface area contributed by atoms with E-state index in [1.54, 1.807) is 31.2 Å². The highest BCUT2D eigenvalue weighted by Crippen LogP contribution is 2.28. The second-order valence-electron chi connectivity index (χ2n) is 7.22. The highest BCUT2D eigenvalue weighted by Gasteiger charge is 2.19. The minimum absolute atomic E-state index is 0.0787. The van der Waals surface area contributed by atoms with Gasteiger partial charge in [-0.1, -0.05) is 28.9 Å². The van der Waals surface area contributed by atoms with Crippen molar-refractivity contribution in [1.29, 1.82) is 0 Å². The van der Waals surface area contributed by atoms with Crippen LogP contribution in [0.2, 0.25) is 0 Å². The van der Waals surface area contributed by atoms with Gasteiger partial charge in [0, 0.05) is 21.6 Å². The Labute approximate surface area is 188 Å². The third kappa shape index (κ3) is 5.41. The number of rotatable bonds is 8. The van der Waals surface area contributed by atoms with Gasteiger partial charge in [-0.25, -0.2) is 12.8 Å². The molecule has 0 aliphatic heterocycles. The molecule has 2 aromatic carbocycles. The quantitative estimate of drug-likeness (QED) is 0.394. The maximum Gasteiger partial charge on any atom is 0.234 e. The van der Waals surface area contributed by atoms with Crippen molar-refractivity contribution >= 4 is 37.4 Å². The Morgan fingerprint density at radius 3 is 2.58 bits per heavy atom. The van der Waals surface area contributed by atoms with Crippen molar-refractivity contribution in [3.63, 3.8) is 0 Å². The Hall–Kier alpha value is -2.49. The number of benzene rings is 2. The van der Waals surface area contributed by atoms with E-state index in [9.17, 15) is 17.6 Å². The number of aliphatic hydroxyl groups excluding tert-OH is 1. The molecule has 0 saturated heterocycles. The summed E-state index contributed by atoms with van der Waals surface area (Å²) in [6.07, 6.45) is 0. The second-order valence-corrected chi connectivity index (χ2v) is 9.98. The van der Waals surface area contributed by atoms with Gasteiger partial charge >= 0.3 is 0 Å². The summed E-state index contributed by atoms with van der Waals surface area (Å²) in [5.74, 6) is -1.60. The number of aliphatic hydroxyl groups is 1. The van der Waals surface area contributed by atoms with E-state index in [1.807, 2.05) is 13.0 Å². The highest BCUT2D eigenvalue weighted by molar-refractivity contribution is 9.10. The Morgan fingerprint density at radius 2 is 1.94 bits per heavy atom. The fourth-order valence-corrected chi connectivity index (χ4v) is 4.59. The van der Waals surface area contributed by atoms with Gasteiger partial charge in [0.2, 0.25) is 15.8 Å². The molecule has 0 aliphatic carbocycles. The molecule has 1 heterocycles. The average Bonchev–Trinajstić information content (AvgIpc) is 3.17. The van der Waals surface area contributed by atoms with Crippen LogP contribution in [0, 0.1) is 12.7 Å². The molecular weight excluding hydrogens is 487 g/mol. The van der Waals surface area contributed by atoms with Crippen LogP contribution < -0.4 is 4.72 Å². The van der Waals surface area contributed by atoms with E-state index in [4.69, 9.17) is 5.11 Å². The van der Waals surface area contributed by atoms with Crippen LogP contribution in [0.3, 0.4) is 0 Å². The molecular formula is C22H22BrFN2O4S. The van der Waals surface area contributed by atoms with E-state index in [1.165, 1.54) is 12.1 Å². The predicted octanol–water partition coefficient (Wildman–Crippen LogP) is 4.34. The molecule has 1 unspecified atom stereocenters. The number of aromatic nitrogens is 1. The number of sulfonamides is 1. The molecule has 3 N–H and O–H groups in total. The SMILES string of the molecule is Cc1cc(Br)ccc1C(=O)c1ccc(C(C)c2ccc(NS(=O)(=O)CCO)cc2F)[nH]1. The lowest BCUT2D eigenvalue weighted by molar-refractivity contribution is 0.103. The van der Waals surface area contributed by atoms with Gasteiger partial charge < -0.3 is 10.1 Å². The maximum atomic E-state index is 14.7. The lowest BCUT2D eigenvalue weighted by Gasteiger charge is -2.14. The van der Waals surface area contributed by atoms with E-state index >= 15 is 0 Å². The molecule has 0 radical (unpaired) electrons. The zero-order valence-electron chi connectivity index (χ0n) is 16.9. The molecule has 1 aromatic heterocycles. The molecule has 9 heteroatoms. The number of carbonyl (C=O) groups excluding carboxylic acids is 1. The van der Waals surface area contributed by atoms with Crippen LogP contribution in [0.4, 0.5) is 10.1 Å². The van der Waals surface area contributed by atoms with Crippen LogP contribution in [0.25, 0.3) is 0 Å². The monoisotopic (exact) mass is 508 g/mol. The normalized spacial score (nSPS) is 12.5. The third-order valence-corrected chi connectivity index (χ3v) is 6.71. The number of hydrogen-bond acceptors (Lipinski definition) is 4. The number of hydrogen-bond donors (Lipinski definition) is 3. The summed E-state index contributed by atoms with van der Waals surface area (Å²) in [5.41, 5.74) is 2.91. The largest absolute Gasteiger partial charge is 0.395 e. The van der Waals surface area contributed by atoms with Crippen molar-refractivity contribution in [1.82, 2.24) is 4.98 Å². The van der Waals surface area contributed by atoms with E-state index in [2.05, 4.69) is 25.6 Å².